The molecule has 1 aliphatic rings. The zero-order valence-corrected chi connectivity index (χ0v) is 11.3. The van der Waals surface area contributed by atoms with Crippen LogP contribution >= 0.6 is 0 Å². The lowest BCUT2D eigenvalue weighted by Gasteiger charge is -2.34. The topological polar surface area (TPSA) is 101 Å². The number of aryl methyl sites for hydroxylation is 1. The Morgan fingerprint density at radius 1 is 1.44 bits per heavy atom. The molecule has 0 atom stereocenters. The number of nitrogen functional groups attached to an aromatic ring is 1. The van der Waals surface area contributed by atoms with Gasteiger partial charge >= 0.3 is 0 Å². The van der Waals surface area contributed by atoms with Crippen molar-refractivity contribution in [2.45, 2.75) is 30.3 Å². The normalized spacial score (nSPS) is 21.1. The summed E-state index contributed by atoms with van der Waals surface area (Å²) in [6, 6.07) is 0. The Morgan fingerprint density at radius 3 is 2.44 bits per heavy atom. The maximum absolute atomic E-state index is 12.3. The minimum atomic E-state index is -3.61. The first kappa shape index (κ1) is 13.3. The molecule has 18 heavy (non-hydrogen) atoms. The molecule has 1 fully saturated rings. The molecule has 0 amide bonds. The molecule has 2 rings (SSSR count). The molecule has 7 nitrogen and oxygen atoms in total. The molecule has 3 N–H and O–H groups in total. The molecule has 1 aromatic rings. The van der Waals surface area contributed by atoms with Crippen molar-refractivity contribution in [2.75, 3.05) is 18.8 Å². The van der Waals surface area contributed by atoms with Crippen molar-refractivity contribution < 1.29 is 13.5 Å². The molecule has 8 heteroatoms. The van der Waals surface area contributed by atoms with Gasteiger partial charge in [0.2, 0.25) is 10.0 Å². The lowest BCUT2D eigenvalue weighted by molar-refractivity contribution is 0.0126. The number of hydrogen-bond acceptors (Lipinski definition) is 5. The van der Waals surface area contributed by atoms with Crippen molar-refractivity contribution in [3.63, 3.8) is 0 Å². The van der Waals surface area contributed by atoms with Crippen molar-refractivity contribution in [2.24, 2.45) is 7.05 Å². The van der Waals surface area contributed by atoms with E-state index in [4.69, 9.17) is 5.73 Å². The van der Waals surface area contributed by atoms with Crippen LogP contribution in [-0.2, 0) is 17.1 Å². The minimum absolute atomic E-state index is 0.00911. The highest BCUT2D eigenvalue weighted by Crippen LogP contribution is 2.27. The number of aromatic nitrogens is 2. The maximum Gasteiger partial charge on any atom is 0.248 e. The molecule has 1 aliphatic heterocycles. The van der Waals surface area contributed by atoms with Crippen molar-refractivity contribution in [1.29, 1.82) is 0 Å². The maximum atomic E-state index is 12.3. The number of anilines is 1. The second-order valence-corrected chi connectivity index (χ2v) is 6.86. The van der Waals surface area contributed by atoms with E-state index >= 15 is 0 Å². The number of rotatable bonds is 2. The van der Waals surface area contributed by atoms with Crippen LogP contribution in [-0.4, -0.2) is 46.3 Å². The van der Waals surface area contributed by atoms with Gasteiger partial charge in [-0.2, -0.15) is 9.40 Å². The number of sulfonamides is 1. The highest BCUT2D eigenvalue weighted by Gasteiger charge is 2.35. The summed E-state index contributed by atoms with van der Waals surface area (Å²) in [6.45, 7) is 2.31. The van der Waals surface area contributed by atoms with E-state index in [-0.39, 0.29) is 10.7 Å². The van der Waals surface area contributed by atoms with E-state index in [0.29, 0.717) is 25.9 Å². The van der Waals surface area contributed by atoms with E-state index in [1.54, 1.807) is 14.0 Å². The Hall–Kier alpha value is -1.12. The molecule has 102 valence electrons. The Balaban J connectivity index is 2.25. The lowest BCUT2D eigenvalue weighted by atomic mass is 9.95. The quantitative estimate of drug-likeness (QED) is 0.759. The lowest BCUT2D eigenvalue weighted by Crippen LogP contribution is -2.45. The molecule has 0 saturated carbocycles. The fourth-order valence-corrected chi connectivity index (χ4v) is 3.56. The predicted octanol–water partition coefficient (Wildman–Crippen LogP) is -0.462. The molecule has 0 unspecified atom stereocenters. The standard InChI is InChI=1S/C10H18N4O3S/c1-10(15)3-5-14(6-4-10)18(16,17)8-7-13(2)12-9(8)11/h7,15H,3-6H2,1-2H3,(H2,11,12). The SMILES string of the molecule is Cn1cc(S(=O)(=O)N2CCC(C)(O)CC2)c(N)n1. The Kier molecular flexibility index (Phi) is 3.12. The molecule has 1 aromatic heterocycles. The Labute approximate surface area is 106 Å². The van der Waals surface area contributed by atoms with E-state index in [2.05, 4.69) is 5.10 Å². The van der Waals surface area contributed by atoms with Gasteiger partial charge in [0.25, 0.3) is 0 Å². The second kappa shape index (κ2) is 4.22. The summed E-state index contributed by atoms with van der Waals surface area (Å²) in [4.78, 5) is 0.0338. The first-order chi connectivity index (χ1) is 8.22. The molecule has 0 aliphatic carbocycles. The zero-order valence-electron chi connectivity index (χ0n) is 10.5. The van der Waals surface area contributed by atoms with Crippen LogP contribution in [0, 0.1) is 0 Å². The van der Waals surface area contributed by atoms with Gasteiger partial charge < -0.3 is 10.8 Å². The summed E-state index contributed by atoms with van der Waals surface area (Å²) in [5.41, 5.74) is 4.82. The van der Waals surface area contributed by atoms with Crippen LogP contribution in [0.3, 0.4) is 0 Å². The van der Waals surface area contributed by atoms with Gasteiger partial charge in [0.15, 0.2) is 5.82 Å². The monoisotopic (exact) mass is 274 g/mol. The number of nitrogens with zero attached hydrogens (tertiary/aromatic N) is 3. The van der Waals surface area contributed by atoms with Crippen LogP contribution in [0.15, 0.2) is 11.1 Å². The first-order valence-electron chi connectivity index (χ1n) is 5.74. The van der Waals surface area contributed by atoms with E-state index in [1.165, 1.54) is 15.2 Å². The van der Waals surface area contributed by atoms with E-state index in [1.807, 2.05) is 0 Å². The van der Waals surface area contributed by atoms with Crippen LogP contribution in [0.2, 0.25) is 0 Å². The van der Waals surface area contributed by atoms with Gasteiger partial charge in [-0.1, -0.05) is 0 Å². The molecule has 2 heterocycles. The number of piperidine rings is 1. The number of hydrogen-bond donors (Lipinski definition) is 2. The van der Waals surface area contributed by atoms with Gasteiger partial charge in [-0.3, -0.25) is 4.68 Å². The Bertz CT molecular complexity index is 539. The molecule has 0 spiro atoms. The summed E-state index contributed by atoms with van der Waals surface area (Å²) >= 11 is 0. The van der Waals surface area contributed by atoms with Crippen LogP contribution in [0.1, 0.15) is 19.8 Å². The van der Waals surface area contributed by atoms with Crippen molar-refractivity contribution in [3.05, 3.63) is 6.20 Å². The summed E-state index contributed by atoms with van der Waals surface area (Å²) in [6.07, 6.45) is 2.25. The fraction of sp³-hybridized carbons (Fsp3) is 0.700. The first-order valence-corrected chi connectivity index (χ1v) is 7.18. The Morgan fingerprint density at radius 2 is 2.00 bits per heavy atom. The summed E-state index contributed by atoms with van der Waals surface area (Å²) in [7, 11) is -1.99. The molecular weight excluding hydrogens is 256 g/mol. The van der Waals surface area contributed by atoms with Crippen LogP contribution in [0.25, 0.3) is 0 Å². The largest absolute Gasteiger partial charge is 0.390 e. The third-order valence-corrected chi connectivity index (χ3v) is 5.15. The fourth-order valence-electron chi connectivity index (χ4n) is 2.03. The third-order valence-electron chi connectivity index (χ3n) is 3.24. The molecule has 0 aromatic carbocycles. The van der Waals surface area contributed by atoms with Crippen LogP contribution in [0.5, 0.6) is 0 Å². The highest BCUT2D eigenvalue weighted by molar-refractivity contribution is 7.89. The molecular formula is C10H18N4O3S. The van der Waals surface area contributed by atoms with Crippen molar-refractivity contribution in [1.82, 2.24) is 14.1 Å². The van der Waals surface area contributed by atoms with Crippen LogP contribution < -0.4 is 5.73 Å². The number of aliphatic hydroxyl groups is 1. The van der Waals surface area contributed by atoms with E-state index in [9.17, 15) is 13.5 Å². The van der Waals surface area contributed by atoms with Gasteiger partial charge in [-0.05, 0) is 19.8 Å². The van der Waals surface area contributed by atoms with Gasteiger partial charge in [0, 0.05) is 26.3 Å². The smallest absolute Gasteiger partial charge is 0.248 e. The summed E-state index contributed by atoms with van der Waals surface area (Å²) in [5.74, 6) is 0.00911. The third kappa shape index (κ3) is 2.36. The van der Waals surface area contributed by atoms with Crippen molar-refractivity contribution in [3.8, 4) is 0 Å². The summed E-state index contributed by atoms with van der Waals surface area (Å²) in [5, 5.41) is 13.7. The average Bonchev–Trinajstić information content (AvgIpc) is 2.58. The minimum Gasteiger partial charge on any atom is -0.390 e. The van der Waals surface area contributed by atoms with Crippen LogP contribution in [0.4, 0.5) is 5.82 Å². The second-order valence-electron chi connectivity index (χ2n) is 4.95. The number of nitrogens with two attached hydrogens (primary N) is 1. The van der Waals surface area contributed by atoms with Gasteiger partial charge in [0.1, 0.15) is 4.90 Å². The zero-order chi connectivity index (χ0) is 13.6. The molecule has 0 radical (unpaired) electrons. The predicted molar refractivity (Wildman–Crippen MR) is 66.2 cm³/mol. The molecule has 1 saturated heterocycles. The van der Waals surface area contributed by atoms with E-state index in [0.717, 1.165) is 0 Å². The van der Waals surface area contributed by atoms with Gasteiger partial charge in [-0.25, -0.2) is 8.42 Å². The van der Waals surface area contributed by atoms with Gasteiger partial charge in [0.05, 0.1) is 5.60 Å². The van der Waals surface area contributed by atoms with Crippen molar-refractivity contribution >= 4 is 15.8 Å². The summed E-state index contributed by atoms with van der Waals surface area (Å²) < 4.78 is 27.4. The van der Waals surface area contributed by atoms with E-state index < -0.39 is 15.6 Å². The molecule has 0 bridgehead atoms. The average molecular weight is 274 g/mol. The van der Waals surface area contributed by atoms with Gasteiger partial charge in [-0.15, -0.1) is 0 Å². The highest BCUT2D eigenvalue weighted by atomic mass is 32.2.